The number of hydrogen-bond acceptors (Lipinski definition) is 5. The molecular weight excluding hydrogens is 299 g/mol. The fourth-order valence-corrected chi connectivity index (χ4v) is 1.79. The zero-order valence-corrected chi connectivity index (χ0v) is 11.8. The van der Waals surface area contributed by atoms with Crippen LogP contribution in [0.2, 0.25) is 0 Å². The lowest BCUT2D eigenvalue weighted by atomic mass is 10.2. The van der Waals surface area contributed by atoms with Crippen LogP contribution in [0.5, 0.6) is 11.8 Å². The highest BCUT2D eigenvalue weighted by molar-refractivity contribution is 6.02. The maximum Gasteiger partial charge on any atom is 0.321 e. The zero-order valence-electron chi connectivity index (χ0n) is 11.8. The van der Waals surface area contributed by atoms with Gasteiger partial charge in [-0.25, -0.2) is 14.4 Å². The van der Waals surface area contributed by atoms with Crippen LogP contribution in [0.25, 0.3) is 0 Å². The van der Waals surface area contributed by atoms with Crippen molar-refractivity contribution in [3.8, 4) is 11.8 Å². The highest BCUT2D eigenvalue weighted by Gasteiger charge is 2.11. The number of pyridine rings is 1. The SMILES string of the molecule is O=C(Nc1ccc(Oc2ncccn2)c(F)c1)c1ccccn1. The lowest BCUT2D eigenvalue weighted by Gasteiger charge is -2.08. The molecule has 0 bridgehead atoms. The number of amides is 1. The summed E-state index contributed by atoms with van der Waals surface area (Å²) in [5.74, 6) is -1.10. The van der Waals surface area contributed by atoms with E-state index in [2.05, 4.69) is 20.3 Å². The zero-order chi connectivity index (χ0) is 16.1. The molecule has 0 radical (unpaired) electrons. The minimum absolute atomic E-state index is 0.0352. The van der Waals surface area contributed by atoms with Crippen LogP contribution in [0.4, 0.5) is 10.1 Å². The van der Waals surface area contributed by atoms with Gasteiger partial charge in [-0.1, -0.05) is 6.07 Å². The van der Waals surface area contributed by atoms with E-state index in [-0.39, 0.29) is 17.5 Å². The fourth-order valence-electron chi connectivity index (χ4n) is 1.79. The number of carbonyl (C=O) groups excluding carboxylic acids is 1. The number of ether oxygens (including phenoxy) is 1. The number of anilines is 1. The van der Waals surface area contributed by atoms with Gasteiger partial charge in [0.2, 0.25) is 0 Å². The summed E-state index contributed by atoms with van der Waals surface area (Å²) in [4.78, 5) is 23.6. The molecule has 0 aliphatic heterocycles. The van der Waals surface area contributed by atoms with Gasteiger partial charge in [0, 0.05) is 30.3 Å². The second kappa shape index (κ2) is 6.61. The highest BCUT2D eigenvalue weighted by Crippen LogP contribution is 2.24. The fraction of sp³-hybridized carbons (Fsp3) is 0. The van der Waals surface area contributed by atoms with E-state index >= 15 is 0 Å². The van der Waals surface area contributed by atoms with Gasteiger partial charge in [-0.3, -0.25) is 9.78 Å². The molecule has 1 N–H and O–H groups in total. The summed E-state index contributed by atoms with van der Waals surface area (Å²) in [5, 5.41) is 2.56. The Hall–Kier alpha value is -3.35. The molecule has 1 aromatic carbocycles. The third kappa shape index (κ3) is 3.65. The third-order valence-electron chi connectivity index (χ3n) is 2.83. The van der Waals surface area contributed by atoms with Crippen molar-refractivity contribution in [1.82, 2.24) is 15.0 Å². The number of hydrogen-bond donors (Lipinski definition) is 1. The van der Waals surface area contributed by atoms with Gasteiger partial charge >= 0.3 is 6.01 Å². The van der Waals surface area contributed by atoms with Crippen LogP contribution in [-0.2, 0) is 0 Å². The molecule has 0 fully saturated rings. The monoisotopic (exact) mass is 310 g/mol. The van der Waals surface area contributed by atoms with Crippen LogP contribution in [0.15, 0.2) is 61.1 Å². The predicted octanol–water partition coefficient (Wildman–Crippen LogP) is 3.06. The standard InChI is InChI=1S/C16H11FN4O2/c17-12-10-11(21-15(22)13-4-1-2-7-18-13)5-6-14(12)23-16-19-8-3-9-20-16/h1-10H,(H,21,22). The summed E-state index contributed by atoms with van der Waals surface area (Å²) in [6, 6.07) is 10.7. The van der Waals surface area contributed by atoms with Crippen LogP contribution in [0.1, 0.15) is 10.5 Å². The Bertz CT molecular complexity index is 813. The molecule has 7 heteroatoms. The van der Waals surface area contributed by atoms with E-state index in [1.165, 1.54) is 30.7 Å². The van der Waals surface area contributed by atoms with Crippen molar-refractivity contribution in [2.75, 3.05) is 5.32 Å². The number of benzene rings is 1. The number of carbonyl (C=O) groups is 1. The lowest BCUT2D eigenvalue weighted by molar-refractivity contribution is 0.102. The van der Waals surface area contributed by atoms with E-state index in [4.69, 9.17) is 4.74 Å². The molecule has 114 valence electrons. The summed E-state index contributed by atoms with van der Waals surface area (Å²) >= 11 is 0. The Morgan fingerprint density at radius 3 is 2.48 bits per heavy atom. The second-order valence-corrected chi connectivity index (χ2v) is 4.45. The Morgan fingerprint density at radius 2 is 1.78 bits per heavy atom. The number of rotatable bonds is 4. The largest absolute Gasteiger partial charge is 0.421 e. The smallest absolute Gasteiger partial charge is 0.321 e. The lowest BCUT2D eigenvalue weighted by Crippen LogP contribution is -2.13. The molecule has 23 heavy (non-hydrogen) atoms. The second-order valence-electron chi connectivity index (χ2n) is 4.45. The normalized spacial score (nSPS) is 10.1. The molecule has 6 nitrogen and oxygen atoms in total. The molecule has 0 saturated heterocycles. The van der Waals surface area contributed by atoms with Gasteiger partial charge < -0.3 is 10.1 Å². The number of nitrogens with zero attached hydrogens (tertiary/aromatic N) is 3. The van der Waals surface area contributed by atoms with Crippen LogP contribution in [-0.4, -0.2) is 20.9 Å². The quantitative estimate of drug-likeness (QED) is 0.801. The topological polar surface area (TPSA) is 77.0 Å². The van der Waals surface area contributed by atoms with E-state index in [0.717, 1.165) is 6.07 Å². The van der Waals surface area contributed by atoms with Gasteiger partial charge in [0.1, 0.15) is 5.69 Å². The van der Waals surface area contributed by atoms with Gasteiger partial charge in [-0.05, 0) is 30.3 Å². The third-order valence-corrected chi connectivity index (χ3v) is 2.83. The first kappa shape index (κ1) is 14.6. The summed E-state index contributed by atoms with van der Waals surface area (Å²) in [7, 11) is 0. The molecule has 0 aliphatic carbocycles. The van der Waals surface area contributed by atoms with Gasteiger partial charge in [0.05, 0.1) is 0 Å². The Morgan fingerprint density at radius 1 is 1.00 bits per heavy atom. The first-order valence-electron chi connectivity index (χ1n) is 6.69. The summed E-state index contributed by atoms with van der Waals surface area (Å²) in [5.41, 5.74) is 0.533. The summed E-state index contributed by atoms with van der Waals surface area (Å²) < 4.78 is 19.3. The van der Waals surface area contributed by atoms with E-state index in [9.17, 15) is 9.18 Å². The first-order valence-corrected chi connectivity index (χ1v) is 6.69. The van der Waals surface area contributed by atoms with E-state index in [1.807, 2.05) is 0 Å². The highest BCUT2D eigenvalue weighted by atomic mass is 19.1. The summed E-state index contributed by atoms with van der Waals surface area (Å²) in [6.07, 6.45) is 4.48. The van der Waals surface area contributed by atoms with Crippen LogP contribution < -0.4 is 10.1 Å². The average molecular weight is 310 g/mol. The van der Waals surface area contributed by atoms with Crippen LogP contribution in [0.3, 0.4) is 0 Å². The van der Waals surface area contributed by atoms with E-state index < -0.39 is 11.7 Å². The minimum atomic E-state index is -0.642. The van der Waals surface area contributed by atoms with Crippen molar-refractivity contribution >= 4 is 11.6 Å². The van der Waals surface area contributed by atoms with E-state index in [1.54, 1.807) is 24.3 Å². The molecule has 3 aromatic rings. The van der Waals surface area contributed by atoms with Crippen molar-refractivity contribution in [3.63, 3.8) is 0 Å². The molecule has 2 heterocycles. The maximum absolute atomic E-state index is 14.0. The van der Waals surface area contributed by atoms with Crippen molar-refractivity contribution in [3.05, 3.63) is 72.6 Å². The van der Waals surface area contributed by atoms with Crippen LogP contribution >= 0.6 is 0 Å². The Labute approximate surface area is 131 Å². The molecule has 2 aromatic heterocycles. The molecule has 0 spiro atoms. The molecular formula is C16H11FN4O2. The minimum Gasteiger partial charge on any atom is -0.421 e. The molecule has 0 saturated carbocycles. The number of nitrogens with one attached hydrogen (secondary N) is 1. The van der Waals surface area contributed by atoms with Gasteiger partial charge in [0.25, 0.3) is 5.91 Å². The first-order chi connectivity index (χ1) is 11.2. The van der Waals surface area contributed by atoms with Gasteiger partial charge in [-0.15, -0.1) is 0 Å². The van der Waals surface area contributed by atoms with Crippen molar-refractivity contribution in [2.24, 2.45) is 0 Å². The average Bonchev–Trinajstić information content (AvgIpc) is 2.59. The Balaban J connectivity index is 1.73. The van der Waals surface area contributed by atoms with Crippen LogP contribution in [0, 0.1) is 5.82 Å². The van der Waals surface area contributed by atoms with Crippen molar-refractivity contribution in [2.45, 2.75) is 0 Å². The molecule has 0 aliphatic rings. The molecule has 3 rings (SSSR count). The summed E-state index contributed by atoms with van der Waals surface area (Å²) in [6.45, 7) is 0. The number of aromatic nitrogens is 3. The molecule has 0 unspecified atom stereocenters. The van der Waals surface area contributed by atoms with Crippen molar-refractivity contribution in [1.29, 1.82) is 0 Å². The van der Waals surface area contributed by atoms with Gasteiger partial charge in [0.15, 0.2) is 11.6 Å². The van der Waals surface area contributed by atoms with Gasteiger partial charge in [-0.2, -0.15) is 0 Å². The maximum atomic E-state index is 14.0. The van der Waals surface area contributed by atoms with E-state index in [0.29, 0.717) is 5.69 Å². The van der Waals surface area contributed by atoms with Crippen molar-refractivity contribution < 1.29 is 13.9 Å². The predicted molar refractivity (Wildman–Crippen MR) is 80.7 cm³/mol. The Kier molecular flexibility index (Phi) is 4.19. The molecule has 1 amide bonds. The molecule has 0 atom stereocenters. The number of halogens is 1.